The molecular formula is C15H19FN2O3. The standard InChI is InChI=1S/C15H19FN2O3/c1-10-11(16)4-3-5-12(10)17-14(21)18-8-6-15(2,7-9-18)13(19)20/h3-5H,6-9H2,1-2H3,(H,17,21)(H,19,20). The fraction of sp³-hybridized carbons (Fsp3) is 0.467. The first-order chi connectivity index (χ1) is 9.83. The zero-order valence-electron chi connectivity index (χ0n) is 12.1. The van der Waals surface area contributed by atoms with Crippen LogP contribution in [0.5, 0.6) is 0 Å². The van der Waals surface area contributed by atoms with Crippen molar-refractivity contribution in [3.8, 4) is 0 Å². The molecule has 0 unspecified atom stereocenters. The third kappa shape index (κ3) is 3.15. The largest absolute Gasteiger partial charge is 0.481 e. The number of halogens is 1. The molecule has 2 amide bonds. The summed E-state index contributed by atoms with van der Waals surface area (Å²) in [5.41, 5.74) is 0.0516. The average molecular weight is 294 g/mol. The lowest BCUT2D eigenvalue weighted by atomic mass is 9.80. The minimum atomic E-state index is -0.830. The number of amides is 2. The highest BCUT2D eigenvalue weighted by atomic mass is 19.1. The predicted molar refractivity (Wildman–Crippen MR) is 76.7 cm³/mol. The second-order valence-corrected chi connectivity index (χ2v) is 5.70. The predicted octanol–water partition coefficient (Wildman–Crippen LogP) is 2.85. The van der Waals surface area contributed by atoms with Crippen molar-refractivity contribution in [3.05, 3.63) is 29.6 Å². The van der Waals surface area contributed by atoms with Gasteiger partial charge in [-0.15, -0.1) is 0 Å². The molecule has 0 aromatic heterocycles. The third-order valence-corrected chi connectivity index (χ3v) is 4.18. The zero-order valence-corrected chi connectivity index (χ0v) is 12.1. The highest BCUT2D eigenvalue weighted by molar-refractivity contribution is 5.90. The Kier molecular flexibility index (Phi) is 4.16. The Morgan fingerprint density at radius 2 is 1.95 bits per heavy atom. The number of carboxylic acid groups (broad SMARTS) is 1. The maximum atomic E-state index is 13.4. The van der Waals surface area contributed by atoms with E-state index in [0.29, 0.717) is 37.2 Å². The first-order valence-electron chi connectivity index (χ1n) is 6.88. The molecule has 0 atom stereocenters. The molecular weight excluding hydrogens is 275 g/mol. The Bertz CT molecular complexity index is 566. The molecule has 1 fully saturated rings. The van der Waals surface area contributed by atoms with Crippen molar-refractivity contribution in [1.82, 2.24) is 4.90 Å². The van der Waals surface area contributed by atoms with E-state index >= 15 is 0 Å². The van der Waals surface area contributed by atoms with Gasteiger partial charge in [-0.05, 0) is 38.8 Å². The first-order valence-corrected chi connectivity index (χ1v) is 6.88. The van der Waals surface area contributed by atoms with Gasteiger partial charge in [0.25, 0.3) is 0 Å². The zero-order chi connectivity index (χ0) is 15.6. The Hall–Kier alpha value is -2.11. The molecule has 114 valence electrons. The van der Waals surface area contributed by atoms with Crippen LogP contribution in [-0.4, -0.2) is 35.1 Å². The Morgan fingerprint density at radius 3 is 2.52 bits per heavy atom. The van der Waals surface area contributed by atoms with E-state index in [0.717, 1.165) is 0 Å². The van der Waals surface area contributed by atoms with Crippen molar-refractivity contribution < 1.29 is 19.1 Å². The molecule has 2 rings (SSSR count). The molecule has 0 bridgehead atoms. The number of aliphatic carboxylic acids is 1. The van der Waals surface area contributed by atoms with E-state index in [4.69, 9.17) is 5.11 Å². The van der Waals surface area contributed by atoms with Crippen LogP contribution in [0.2, 0.25) is 0 Å². The maximum absolute atomic E-state index is 13.4. The Balaban J connectivity index is 2.00. The molecule has 1 aromatic rings. The number of carbonyl (C=O) groups is 2. The maximum Gasteiger partial charge on any atom is 0.321 e. The number of piperidine rings is 1. The van der Waals surface area contributed by atoms with Crippen molar-refractivity contribution in [2.24, 2.45) is 5.41 Å². The van der Waals surface area contributed by atoms with Gasteiger partial charge in [-0.25, -0.2) is 9.18 Å². The van der Waals surface area contributed by atoms with Crippen LogP contribution in [-0.2, 0) is 4.79 Å². The fourth-order valence-corrected chi connectivity index (χ4v) is 2.35. The Morgan fingerprint density at radius 1 is 1.33 bits per heavy atom. The summed E-state index contributed by atoms with van der Waals surface area (Å²) in [6.07, 6.45) is 0.829. The van der Waals surface area contributed by atoms with Crippen LogP contribution in [0.15, 0.2) is 18.2 Å². The number of anilines is 1. The molecule has 21 heavy (non-hydrogen) atoms. The number of hydrogen-bond donors (Lipinski definition) is 2. The van der Waals surface area contributed by atoms with Crippen LogP contribution in [0, 0.1) is 18.2 Å². The monoisotopic (exact) mass is 294 g/mol. The van der Waals surface area contributed by atoms with E-state index in [1.54, 1.807) is 24.8 Å². The molecule has 0 spiro atoms. The molecule has 2 N–H and O–H groups in total. The summed E-state index contributed by atoms with van der Waals surface area (Å²) in [4.78, 5) is 24.9. The van der Waals surface area contributed by atoms with Gasteiger partial charge < -0.3 is 15.3 Å². The van der Waals surface area contributed by atoms with E-state index in [2.05, 4.69) is 5.32 Å². The van der Waals surface area contributed by atoms with Gasteiger partial charge in [0, 0.05) is 24.3 Å². The molecule has 1 aromatic carbocycles. The van der Waals surface area contributed by atoms with Gasteiger partial charge in [0.05, 0.1) is 5.41 Å². The van der Waals surface area contributed by atoms with Crippen LogP contribution in [0.3, 0.4) is 0 Å². The molecule has 0 aliphatic carbocycles. The van der Waals surface area contributed by atoms with Crippen LogP contribution in [0.1, 0.15) is 25.3 Å². The summed E-state index contributed by atoms with van der Waals surface area (Å²) in [5.74, 6) is -1.20. The molecule has 1 aliphatic rings. The van der Waals surface area contributed by atoms with Gasteiger partial charge in [-0.1, -0.05) is 6.07 Å². The number of benzene rings is 1. The lowest BCUT2D eigenvalue weighted by Crippen LogP contribution is -2.46. The van der Waals surface area contributed by atoms with E-state index in [-0.39, 0.29) is 11.8 Å². The van der Waals surface area contributed by atoms with Crippen LogP contribution < -0.4 is 5.32 Å². The Labute approximate surface area is 122 Å². The second-order valence-electron chi connectivity index (χ2n) is 5.70. The van der Waals surface area contributed by atoms with Gasteiger partial charge >= 0.3 is 12.0 Å². The molecule has 0 saturated carbocycles. The SMILES string of the molecule is Cc1c(F)cccc1NC(=O)N1CCC(C)(C(=O)O)CC1. The number of urea groups is 1. The highest BCUT2D eigenvalue weighted by Crippen LogP contribution is 2.31. The number of carboxylic acids is 1. The van der Waals surface area contributed by atoms with Gasteiger partial charge in [-0.3, -0.25) is 4.79 Å². The van der Waals surface area contributed by atoms with Crippen molar-refractivity contribution in [2.75, 3.05) is 18.4 Å². The van der Waals surface area contributed by atoms with Gasteiger partial charge in [0.15, 0.2) is 0 Å². The summed E-state index contributed by atoms with van der Waals surface area (Å²) in [5, 5.41) is 11.8. The smallest absolute Gasteiger partial charge is 0.321 e. The number of likely N-dealkylation sites (tertiary alicyclic amines) is 1. The molecule has 5 nitrogen and oxygen atoms in total. The van der Waals surface area contributed by atoms with Crippen molar-refractivity contribution >= 4 is 17.7 Å². The summed E-state index contributed by atoms with van der Waals surface area (Å²) in [6, 6.07) is 4.19. The summed E-state index contributed by atoms with van der Waals surface area (Å²) >= 11 is 0. The average Bonchev–Trinajstić information content (AvgIpc) is 2.44. The molecule has 1 heterocycles. The molecule has 1 saturated heterocycles. The fourth-order valence-electron chi connectivity index (χ4n) is 2.35. The molecule has 6 heteroatoms. The van der Waals surface area contributed by atoms with Crippen LogP contribution in [0.4, 0.5) is 14.9 Å². The van der Waals surface area contributed by atoms with Crippen molar-refractivity contribution in [2.45, 2.75) is 26.7 Å². The number of rotatable bonds is 2. The molecule has 0 radical (unpaired) electrons. The summed E-state index contributed by atoms with van der Waals surface area (Å²) < 4.78 is 13.4. The lowest BCUT2D eigenvalue weighted by molar-refractivity contribution is -0.150. The van der Waals surface area contributed by atoms with E-state index in [9.17, 15) is 14.0 Å². The number of nitrogens with zero attached hydrogens (tertiary/aromatic N) is 1. The first kappa shape index (κ1) is 15.3. The van der Waals surface area contributed by atoms with Gasteiger partial charge in [0.2, 0.25) is 0 Å². The normalized spacial score (nSPS) is 17.4. The summed E-state index contributed by atoms with van der Waals surface area (Å²) in [6.45, 7) is 4.05. The lowest BCUT2D eigenvalue weighted by Gasteiger charge is -2.36. The van der Waals surface area contributed by atoms with Crippen molar-refractivity contribution in [1.29, 1.82) is 0 Å². The summed E-state index contributed by atoms with van der Waals surface area (Å²) in [7, 11) is 0. The van der Waals surface area contributed by atoms with Gasteiger partial charge in [0.1, 0.15) is 5.82 Å². The minimum absolute atomic E-state index is 0.323. The van der Waals surface area contributed by atoms with Crippen molar-refractivity contribution in [3.63, 3.8) is 0 Å². The number of carbonyl (C=O) groups excluding carboxylic acids is 1. The molecule has 1 aliphatic heterocycles. The van der Waals surface area contributed by atoms with E-state index in [1.807, 2.05) is 0 Å². The second kappa shape index (κ2) is 5.71. The van der Waals surface area contributed by atoms with E-state index in [1.165, 1.54) is 12.1 Å². The van der Waals surface area contributed by atoms with E-state index < -0.39 is 11.4 Å². The minimum Gasteiger partial charge on any atom is -0.481 e. The highest BCUT2D eigenvalue weighted by Gasteiger charge is 2.38. The topological polar surface area (TPSA) is 69.6 Å². The van der Waals surface area contributed by atoms with Crippen LogP contribution in [0.25, 0.3) is 0 Å². The third-order valence-electron chi connectivity index (χ3n) is 4.18. The quantitative estimate of drug-likeness (QED) is 0.881. The number of hydrogen-bond acceptors (Lipinski definition) is 2. The van der Waals surface area contributed by atoms with Crippen LogP contribution >= 0.6 is 0 Å². The van der Waals surface area contributed by atoms with Gasteiger partial charge in [-0.2, -0.15) is 0 Å². The number of nitrogens with one attached hydrogen (secondary N) is 1.